The van der Waals surface area contributed by atoms with Gasteiger partial charge >= 0.3 is 0 Å². The number of ether oxygens (including phenoxy) is 2. The third kappa shape index (κ3) is 3.41. The van der Waals surface area contributed by atoms with Gasteiger partial charge in [-0.15, -0.1) is 0 Å². The molecule has 108 valence electrons. The Balaban J connectivity index is 3.49. The Kier molecular flexibility index (Phi) is 6.10. The van der Waals surface area contributed by atoms with Crippen LogP contribution in [0.1, 0.15) is 37.0 Å². The number of halogens is 1. The third-order valence-electron chi connectivity index (χ3n) is 3.00. The van der Waals surface area contributed by atoms with Gasteiger partial charge in [-0.3, -0.25) is 0 Å². The van der Waals surface area contributed by atoms with E-state index in [2.05, 4.69) is 35.1 Å². The topological polar surface area (TPSA) is 50.7 Å². The quantitative estimate of drug-likeness (QED) is 0.841. The highest BCUT2D eigenvalue weighted by Crippen LogP contribution is 2.44. The fraction of sp³-hybridized carbons (Fsp3) is 0.571. The Hall–Kier alpha value is -0.780. The lowest BCUT2D eigenvalue weighted by molar-refractivity contribution is 0.175. The van der Waals surface area contributed by atoms with E-state index in [9.17, 15) is 5.11 Å². The normalized spacial score (nSPS) is 12.6. The highest BCUT2D eigenvalue weighted by Gasteiger charge is 2.24. The van der Waals surface area contributed by atoms with Crippen LogP contribution in [0, 0.1) is 0 Å². The Bertz CT molecular complexity index is 435. The summed E-state index contributed by atoms with van der Waals surface area (Å²) >= 11 is 3.47. The van der Waals surface area contributed by atoms with Crippen LogP contribution in [0.25, 0.3) is 0 Å². The second kappa shape index (κ2) is 7.12. The molecule has 0 aliphatic carbocycles. The molecule has 1 unspecified atom stereocenters. The van der Waals surface area contributed by atoms with E-state index < -0.39 is 6.10 Å². The molecule has 0 amide bonds. The van der Waals surface area contributed by atoms with Crippen molar-refractivity contribution in [3.8, 4) is 11.5 Å². The summed E-state index contributed by atoms with van der Waals surface area (Å²) in [7, 11) is 5.04. The van der Waals surface area contributed by atoms with E-state index in [0.29, 0.717) is 18.0 Å². The number of nitrogens with one attached hydrogen (secondary N) is 1. The molecule has 19 heavy (non-hydrogen) atoms. The minimum Gasteiger partial charge on any atom is -0.493 e. The Labute approximate surface area is 123 Å². The maximum atomic E-state index is 10.3. The van der Waals surface area contributed by atoms with Crippen molar-refractivity contribution in [1.82, 2.24) is 5.32 Å². The molecule has 0 aromatic heterocycles. The van der Waals surface area contributed by atoms with E-state index in [0.717, 1.165) is 15.6 Å². The lowest BCUT2D eigenvalue weighted by atomic mass is 9.92. The van der Waals surface area contributed by atoms with Crippen LogP contribution < -0.4 is 14.8 Å². The molecular formula is C14H22BrNO3. The van der Waals surface area contributed by atoms with Gasteiger partial charge in [-0.05, 0) is 40.5 Å². The predicted octanol–water partition coefficient (Wildman–Crippen LogP) is 2.84. The zero-order chi connectivity index (χ0) is 14.6. The van der Waals surface area contributed by atoms with Crippen molar-refractivity contribution in [2.24, 2.45) is 0 Å². The third-order valence-corrected chi connectivity index (χ3v) is 3.59. The smallest absolute Gasteiger partial charge is 0.175 e. The molecule has 5 heteroatoms. The summed E-state index contributed by atoms with van der Waals surface area (Å²) in [4.78, 5) is 0. The van der Waals surface area contributed by atoms with E-state index >= 15 is 0 Å². The van der Waals surface area contributed by atoms with Crippen LogP contribution in [0.4, 0.5) is 0 Å². The molecule has 1 rings (SSSR count). The van der Waals surface area contributed by atoms with Crippen molar-refractivity contribution >= 4 is 15.9 Å². The molecule has 0 aliphatic heterocycles. The van der Waals surface area contributed by atoms with Gasteiger partial charge in [0.1, 0.15) is 0 Å². The second-order valence-corrected chi connectivity index (χ2v) is 5.51. The number of aliphatic hydroxyl groups excluding tert-OH is 1. The van der Waals surface area contributed by atoms with E-state index in [1.165, 1.54) is 0 Å². The number of methoxy groups -OCH3 is 2. The molecule has 1 aromatic rings. The zero-order valence-electron chi connectivity index (χ0n) is 12.1. The predicted molar refractivity (Wildman–Crippen MR) is 80.2 cm³/mol. The first-order chi connectivity index (χ1) is 8.97. The van der Waals surface area contributed by atoms with Gasteiger partial charge < -0.3 is 19.9 Å². The molecule has 0 aliphatic rings. The summed E-state index contributed by atoms with van der Waals surface area (Å²) in [6.07, 6.45) is -0.585. The van der Waals surface area contributed by atoms with Gasteiger partial charge in [-0.25, -0.2) is 0 Å². The van der Waals surface area contributed by atoms with Gasteiger partial charge in [0.2, 0.25) is 0 Å². The van der Waals surface area contributed by atoms with Crippen molar-refractivity contribution in [2.75, 3.05) is 27.8 Å². The summed E-state index contributed by atoms with van der Waals surface area (Å²) in [6.45, 7) is 4.63. The van der Waals surface area contributed by atoms with Gasteiger partial charge in [-0.2, -0.15) is 0 Å². The number of hydrogen-bond acceptors (Lipinski definition) is 4. The van der Waals surface area contributed by atoms with Gasteiger partial charge in [0.05, 0.1) is 24.8 Å². The minimum atomic E-state index is -0.585. The molecule has 4 nitrogen and oxygen atoms in total. The van der Waals surface area contributed by atoms with Gasteiger partial charge in [0.15, 0.2) is 11.5 Å². The first-order valence-electron chi connectivity index (χ1n) is 6.24. The molecule has 0 spiro atoms. The maximum absolute atomic E-state index is 10.3. The summed E-state index contributed by atoms with van der Waals surface area (Å²) in [5.41, 5.74) is 1.83. The number of aliphatic hydroxyl groups is 1. The van der Waals surface area contributed by atoms with Gasteiger partial charge in [0.25, 0.3) is 0 Å². The van der Waals surface area contributed by atoms with Crippen LogP contribution in [0.3, 0.4) is 0 Å². The maximum Gasteiger partial charge on any atom is 0.175 e. The number of likely N-dealkylation sites (N-methyl/N-ethyl adjacent to an activating group) is 1. The van der Waals surface area contributed by atoms with Crippen molar-refractivity contribution in [2.45, 2.75) is 25.9 Å². The summed E-state index contributed by atoms with van der Waals surface area (Å²) in [6, 6.07) is 1.90. The number of benzene rings is 1. The van der Waals surface area contributed by atoms with Gasteiger partial charge in [0, 0.05) is 12.1 Å². The summed E-state index contributed by atoms with van der Waals surface area (Å²) in [5, 5.41) is 13.3. The first kappa shape index (κ1) is 16.3. The Morgan fingerprint density at radius 1 is 1.26 bits per heavy atom. The molecule has 0 saturated heterocycles. The molecule has 0 fully saturated rings. The molecule has 0 heterocycles. The summed E-state index contributed by atoms with van der Waals surface area (Å²) in [5.74, 6) is 1.56. The van der Waals surface area contributed by atoms with Crippen LogP contribution in [0.15, 0.2) is 10.5 Å². The Morgan fingerprint density at radius 2 is 1.84 bits per heavy atom. The van der Waals surface area contributed by atoms with E-state index in [1.807, 2.05) is 13.1 Å². The van der Waals surface area contributed by atoms with Crippen molar-refractivity contribution in [3.05, 3.63) is 21.7 Å². The molecular weight excluding hydrogens is 310 g/mol. The highest BCUT2D eigenvalue weighted by atomic mass is 79.9. The molecule has 2 N–H and O–H groups in total. The van der Waals surface area contributed by atoms with Crippen LogP contribution in [0.5, 0.6) is 11.5 Å². The van der Waals surface area contributed by atoms with Crippen LogP contribution in [-0.4, -0.2) is 32.9 Å². The lowest BCUT2D eigenvalue weighted by Gasteiger charge is -2.23. The summed E-state index contributed by atoms with van der Waals surface area (Å²) < 4.78 is 11.7. The van der Waals surface area contributed by atoms with Crippen LogP contribution in [0.2, 0.25) is 0 Å². The highest BCUT2D eigenvalue weighted by molar-refractivity contribution is 9.10. The van der Waals surface area contributed by atoms with E-state index in [-0.39, 0.29) is 5.92 Å². The lowest BCUT2D eigenvalue weighted by Crippen LogP contribution is -2.19. The standard InChI is InChI=1S/C14H22BrNO3/c1-8(2)12-9(11(17)7-16-3)6-10(15)13(18-4)14(12)19-5/h6,8,11,16-17H,7H2,1-5H3. The van der Waals surface area contributed by atoms with Crippen molar-refractivity contribution < 1.29 is 14.6 Å². The molecule has 1 atom stereocenters. The average molecular weight is 332 g/mol. The van der Waals surface area contributed by atoms with Crippen molar-refractivity contribution in [3.63, 3.8) is 0 Å². The fourth-order valence-electron chi connectivity index (χ4n) is 2.21. The number of hydrogen-bond donors (Lipinski definition) is 2. The second-order valence-electron chi connectivity index (χ2n) is 4.66. The molecule has 1 aromatic carbocycles. The number of rotatable bonds is 6. The molecule has 0 saturated carbocycles. The average Bonchev–Trinajstić information content (AvgIpc) is 2.36. The van der Waals surface area contributed by atoms with Crippen molar-refractivity contribution in [1.29, 1.82) is 0 Å². The van der Waals surface area contributed by atoms with Crippen LogP contribution >= 0.6 is 15.9 Å². The van der Waals surface area contributed by atoms with E-state index in [4.69, 9.17) is 9.47 Å². The minimum absolute atomic E-state index is 0.221. The van der Waals surface area contributed by atoms with Gasteiger partial charge in [-0.1, -0.05) is 13.8 Å². The molecule has 0 radical (unpaired) electrons. The fourth-order valence-corrected chi connectivity index (χ4v) is 2.80. The van der Waals surface area contributed by atoms with Crippen LogP contribution in [-0.2, 0) is 0 Å². The zero-order valence-corrected chi connectivity index (χ0v) is 13.7. The SMILES string of the molecule is CNCC(O)c1cc(Br)c(OC)c(OC)c1C(C)C. The largest absolute Gasteiger partial charge is 0.493 e. The first-order valence-corrected chi connectivity index (χ1v) is 7.04. The molecule has 0 bridgehead atoms. The Morgan fingerprint density at radius 3 is 2.26 bits per heavy atom. The van der Waals surface area contributed by atoms with E-state index in [1.54, 1.807) is 14.2 Å². The monoisotopic (exact) mass is 331 g/mol.